The first kappa shape index (κ1) is 15.5. The number of ether oxygens (including phenoxy) is 1. The van der Waals surface area contributed by atoms with Gasteiger partial charge in [0.1, 0.15) is 5.82 Å². The lowest BCUT2D eigenvalue weighted by Gasteiger charge is -2.26. The van der Waals surface area contributed by atoms with Gasteiger partial charge in [0.2, 0.25) is 5.82 Å². The number of nitro groups is 1. The van der Waals surface area contributed by atoms with E-state index in [-0.39, 0.29) is 17.6 Å². The van der Waals surface area contributed by atoms with Gasteiger partial charge in [-0.3, -0.25) is 10.1 Å². The topological polar surface area (TPSA) is 129 Å². The van der Waals surface area contributed by atoms with Gasteiger partial charge in [0.25, 0.3) is 0 Å². The zero-order chi connectivity index (χ0) is 15.2. The summed E-state index contributed by atoms with van der Waals surface area (Å²) >= 11 is 0. The Labute approximate surface area is 123 Å². The fourth-order valence-corrected chi connectivity index (χ4v) is 2.38. The van der Waals surface area contributed by atoms with E-state index in [9.17, 15) is 10.1 Å². The molecule has 5 N–H and O–H groups in total. The van der Waals surface area contributed by atoms with Crippen molar-refractivity contribution in [2.75, 3.05) is 24.2 Å². The quantitative estimate of drug-likeness (QED) is 0.409. The highest BCUT2D eigenvalue weighted by atomic mass is 16.6. The molecule has 0 saturated heterocycles. The van der Waals surface area contributed by atoms with E-state index >= 15 is 0 Å². The Morgan fingerprint density at radius 3 is 2.71 bits per heavy atom. The van der Waals surface area contributed by atoms with Gasteiger partial charge in [0.05, 0.1) is 17.6 Å². The second-order valence-electron chi connectivity index (χ2n) is 5.19. The minimum atomic E-state index is -0.553. The van der Waals surface area contributed by atoms with Crippen molar-refractivity contribution in [1.29, 1.82) is 0 Å². The standard InChI is InChI=1S/C13H21N5O3/c14-9-1-3-10(4-2-9)21-8-7-16-12-6-5-11(18(19)20)13(15)17-12/h5-6,9-10H,1-4,7-8,14H2,(H3,15,16,17). The lowest BCUT2D eigenvalue weighted by molar-refractivity contribution is -0.384. The highest BCUT2D eigenvalue weighted by molar-refractivity contribution is 5.57. The molecule has 1 aromatic rings. The van der Waals surface area contributed by atoms with Gasteiger partial charge in [0, 0.05) is 18.7 Å². The van der Waals surface area contributed by atoms with Gasteiger partial charge in [-0.15, -0.1) is 0 Å². The van der Waals surface area contributed by atoms with E-state index < -0.39 is 4.92 Å². The second kappa shape index (κ2) is 7.19. The van der Waals surface area contributed by atoms with Crippen molar-refractivity contribution in [3.8, 4) is 0 Å². The Morgan fingerprint density at radius 1 is 1.38 bits per heavy atom. The Morgan fingerprint density at radius 2 is 2.10 bits per heavy atom. The van der Waals surface area contributed by atoms with Gasteiger partial charge in [-0.05, 0) is 31.7 Å². The molecule has 0 spiro atoms. The maximum absolute atomic E-state index is 10.6. The van der Waals surface area contributed by atoms with E-state index in [0.29, 0.717) is 25.0 Å². The molecule has 0 atom stereocenters. The predicted molar refractivity (Wildman–Crippen MR) is 80.0 cm³/mol. The maximum atomic E-state index is 10.6. The van der Waals surface area contributed by atoms with Crippen LogP contribution in [0.2, 0.25) is 0 Å². The number of rotatable bonds is 6. The molecule has 1 saturated carbocycles. The Balaban J connectivity index is 1.71. The molecule has 0 bridgehead atoms. The van der Waals surface area contributed by atoms with Crippen LogP contribution in [0.25, 0.3) is 0 Å². The normalized spacial score (nSPS) is 22.0. The minimum absolute atomic E-state index is 0.0906. The molecule has 2 rings (SSSR count). The molecular weight excluding hydrogens is 274 g/mol. The van der Waals surface area contributed by atoms with E-state index in [1.165, 1.54) is 12.1 Å². The first-order valence-corrected chi connectivity index (χ1v) is 7.08. The largest absolute Gasteiger partial charge is 0.378 e. The lowest BCUT2D eigenvalue weighted by Crippen LogP contribution is -2.31. The van der Waals surface area contributed by atoms with Gasteiger partial charge in [-0.1, -0.05) is 0 Å². The third kappa shape index (κ3) is 4.54. The number of anilines is 2. The van der Waals surface area contributed by atoms with Crippen molar-refractivity contribution in [3.63, 3.8) is 0 Å². The molecule has 8 nitrogen and oxygen atoms in total. The molecule has 0 amide bonds. The van der Waals surface area contributed by atoms with Crippen LogP contribution in [0.4, 0.5) is 17.3 Å². The summed E-state index contributed by atoms with van der Waals surface area (Å²) < 4.78 is 5.76. The number of hydrogen-bond donors (Lipinski definition) is 3. The predicted octanol–water partition coefficient (Wildman–Crippen LogP) is 1.27. The van der Waals surface area contributed by atoms with Crippen molar-refractivity contribution in [2.24, 2.45) is 5.73 Å². The molecular formula is C13H21N5O3. The summed E-state index contributed by atoms with van der Waals surface area (Å²) in [5.74, 6) is 0.416. The number of nitrogens with zero attached hydrogens (tertiary/aromatic N) is 2. The van der Waals surface area contributed by atoms with Gasteiger partial charge in [-0.2, -0.15) is 0 Å². The molecule has 0 aromatic carbocycles. The van der Waals surface area contributed by atoms with Crippen LogP contribution in [0.3, 0.4) is 0 Å². The van der Waals surface area contributed by atoms with Crippen LogP contribution >= 0.6 is 0 Å². The van der Waals surface area contributed by atoms with E-state index in [2.05, 4.69) is 10.3 Å². The van der Waals surface area contributed by atoms with E-state index in [1.807, 2.05) is 0 Å². The fourth-order valence-electron chi connectivity index (χ4n) is 2.38. The third-order valence-corrected chi connectivity index (χ3v) is 3.58. The van der Waals surface area contributed by atoms with Gasteiger partial charge in [-0.25, -0.2) is 4.98 Å². The molecule has 116 valence electrons. The lowest BCUT2D eigenvalue weighted by atomic mass is 9.94. The molecule has 1 aliphatic rings. The number of hydrogen-bond acceptors (Lipinski definition) is 7. The second-order valence-corrected chi connectivity index (χ2v) is 5.19. The first-order chi connectivity index (χ1) is 10.1. The summed E-state index contributed by atoms with van der Waals surface area (Å²) in [7, 11) is 0. The summed E-state index contributed by atoms with van der Waals surface area (Å²) in [5, 5.41) is 13.7. The summed E-state index contributed by atoms with van der Waals surface area (Å²) in [5.41, 5.74) is 11.2. The molecule has 21 heavy (non-hydrogen) atoms. The van der Waals surface area contributed by atoms with E-state index in [1.54, 1.807) is 0 Å². The van der Waals surface area contributed by atoms with Crippen molar-refractivity contribution >= 4 is 17.3 Å². The zero-order valence-corrected chi connectivity index (χ0v) is 11.8. The summed E-state index contributed by atoms with van der Waals surface area (Å²) in [4.78, 5) is 14.0. The summed E-state index contributed by atoms with van der Waals surface area (Å²) in [6.07, 6.45) is 4.31. The fraction of sp³-hybridized carbons (Fsp3) is 0.615. The molecule has 1 aromatic heterocycles. The van der Waals surface area contributed by atoms with Crippen LogP contribution < -0.4 is 16.8 Å². The van der Waals surface area contributed by atoms with Crippen molar-refractivity contribution in [3.05, 3.63) is 22.2 Å². The number of nitrogens with one attached hydrogen (secondary N) is 1. The third-order valence-electron chi connectivity index (χ3n) is 3.58. The maximum Gasteiger partial charge on any atom is 0.311 e. The number of aromatic nitrogens is 1. The van der Waals surface area contributed by atoms with Crippen LogP contribution in [-0.4, -0.2) is 35.2 Å². The first-order valence-electron chi connectivity index (χ1n) is 7.08. The molecule has 1 aliphatic carbocycles. The van der Waals surface area contributed by atoms with Gasteiger partial charge < -0.3 is 21.5 Å². The minimum Gasteiger partial charge on any atom is -0.378 e. The van der Waals surface area contributed by atoms with Gasteiger partial charge >= 0.3 is 5.69 Å². The van der Waals surface area contributed by atoms with Crippen molar-refractivity contribution < 1.29 is 9.66 Å². The Bertz CT molecular complexity index is 489. The average molecular weight is 295 g/mol. The van der Waals surface area contributed by atoms with E-state index in [4.69, 9.17) is 16.2 Å². The molecule has 0 radical (unpaired) electrons. The molecule has 0 unspecified atom stereocenters. The number of nitrogen functional groups attached to an aromatic ring is 1. The molecule has 0 aliphatic heterocycles. The Kier molecular flexibility index (Phi) is 5.29. The SMILES string of the molecule is Nc1nc(NCCOC2CCC(N)CC2)ccc1[N+](=O)[O-]. The molecule has 1 heterocycles. The number of pyridine rings is 1. The molecule has 1 fully saturated rings. The molecule has 8 heteroatoms. The van der Waals surface area contributed by atoms with Gasteiger partial charge in [0.15, 0.2) is 0 Å². The summed E-state index contributed by atoms with van der Waals surface area (Å²) in [6, 6.07) is 3.19. The van der Waals surface area contributed by atoms with Crippen LogP contribution in [0, 0.1) is 10.1 Å². The van der Waals surface area contributed by atoms with Crippen LogP contribution in [0.1, 0.15) is 25.7 Å². The van der Waals surface area contributed by atoms with Crippen LogP contribution in [-0.2, 0) is 4.74 Å². The van der Waals surface area contributed by atoms with E-state index in [0.717, 1.165) is 25.7 Å². The summed E-state index contributed by atoms with van der Waals surface area (Å²) in [6.45, 7) is 1.13. The van der Waals surface area contributed by atoms with Crippen molar-refractivity contribution in [1.82, 2.24) is 4.98 Å². The number of nitrogens with two attached hydrogens (primary N) is 2. The zero-order valence-electron chi connectivity index (χ0n) is 11.8. The average Bonchev–Trinajstić information content (AvgIpc) is 2.45. The monoisotopic (exact) mass is 295 g/mol. The van der Waals surface area contributed by atoms with Crippen molar-refractivity contribution in [2.45, 2.75) is 37.8 Å². The highest BCUT2D eigenvalue weighted by Crippen LogP contribution is 2.21. The highest BCUT2D eigenvalue weighted by Gasteiger charge is 2.18. The van der Waals surface area contributed by atoms with Crippen LogP contribution in [0.15, 0.2) is 12.1 Å². The smallest absolute Gasteiger partial charge is 0.311 e. The van der Waals surface area contributed by atoms with Crippen LogP contribution in [0.5, 0.6) is 0 Å². The Hall–Kier alpha value is -1.93.